The number of nitrogens with one attached hydrogen (secondary N) is 1. The SMILES string of the molecule is Cn1nccc1C(=O)NCC1(N)CCC1. The van der Waals surface area contributed by atoms with Crippen LogP contribution in [-0.4, -0.2) is 27.8 Å². The molecule has 0 saturated heterocycles. The third-order valence-electron chi connectivity index (χ3n) is 3.00. The highest BCUT2D eigenvalue weighted by atomic mass is 16.2. The van der Waals surface area contributed by atoms with E-state index in [-0.39, 0.29) is 11.4 Å². The van der Waals surface area contributed by atoms with Gasteiger partial charge in [-0.25, -0.2) is 0 Å². The van der Waals surface area contributed by atoms with Gasteiger partial charge in [0.2, 0.25) is 0 Å². The first kappa shape index (κ1) is 10.2. The first-order valence-electron chi connectivity index (χ1n) is 5.16. The molecule has 82 valence electrons. The number of hydrogen-bond acceptors (Lipinski definition) is 3. The average Bonchev–Trinajstić information content (AvgIpc) is 2.58. The van der Waals surface area contributed by atoms with E-state index in [1.54, 1.807) is 24.0 Å². The summed E-state index contributed by atoms with van der Waals surface area (Å²) in [6, 6.07) is 1.69. The van der Waals surface area contributed by atoms with Gasteiger partial charge >= 0.3 is 0 Å². The van der Waals surface area contributed by atoms with Gasteiger partial charge in [0.25, 0.3) is 5.91 Å². The maximum absolute atomic E-state index is 11.7. The van der Waals surface area contributed by atoms with Crippen LogP contribution in [0.5, 0.6) is 0 Å². The molecule has 1 saturated carbocycles. The number of rotatable bonds is 3. The lowest BCUT2D eigenvalue weighted by Crippen LogP contribution is -2.55. The summed E-state index contributed by atoms with van der Waals surface area (Å²) >= 11 is 0. The number of hydrogen-bond donors (Lipinski definition) is 2. The molecule has 5 heteroatoms. The predicted octanol–water partition coefficient (Wildman–Crippen LogP) is 0.0313. The first-order valence-corrected chi connectivity index (χ1v) is 5.16. The van der Waals surface area contributed by atoms with E-state index in [0.717, 1.165) is 19.3 Å². The zero-order valence-electron chi connectivity index (χ0n) is 8.86. The fourth-order valence-electron chi connectivity index (χ4n) is 1.75. The minimum atomic E-state index is -0.172. The van der Waals surface area contributed by atoms with Gasteiger partial charge in [0, 0.05) is 25.3 Å². The number of amides is 1. The molecule has 1 aliphatic carbocycles. The third kappa shape index (κ3) is 2.02. The molecule has 15 heavy (non-hydrogen) atoms. The molecule has 0 atom stereocenters. The smallest absolute Gasteiger partial charge is 0.269 e. The minimum absolute atomic E-state index is 0.105. The van der Waals surface area contributed by atoms with Crippen molar-refractivity contribution in [2.75, 3.05) is 6.54 Å². The number of carbonyl (C=O) groups excluding carboxylic acids is 1. The van der Waals surface area contributed by atoms with Crippen LogP contribution in [0.1, 0.15) is 29.8 Å². The highest BCUT2D eigenvalue weighted by molar-refractivity contribution is 5.92. The highest BCUT2D eigenvalue weighted by Gasteiger charge is 2.32. The summed E-state index contributed by atoms with van der Waals surface area (Å²) < 4.78 is 1.55. The van der Waals surface area contributed by atoms with Crippen molar-refractivity contribution in [2.24, 2.45) is 12.8 Å². The van der Waals surface area contributed by atoms with Gasteiger partial charge in [0.15, 0.2) is 0 Å². The maximum atomic E-state index is 11.7. The fourth-order valence-corrected chi connectivity index (χ4v) is 1.75. The van der Waals surface area contributed by atoms with Crippen LogP contribution in [0.2, 0.25) is 0 Å². The van der Waals surface area contributed by atoms with E-state index in [9.17, 15) is 4.79 Å². The lowest BCUT2D eigenvalue weighted by molar-refractivity contribution is 0.0920. The molecule has 1 aromatic rings. The standard InChI is InChI=1S/C10H16N4O/c1-14-8(3-6-13-14)9(15)12-7-10(11)4-2-5-10/h3,6H,2,4-5,7,11H2,1H3,(H,12,15). The van der Waals surface area contributed by atoms with Crippen LogP contribution in [0.3, 0.4) is 0 Å². The third-order valence-corrected chi connectivity index (χ3v) is 3.00. The Kier molecular flexibility index (Phi) is 2.48. The minimum Gasteiger partial charge on any atom is -0.349 e. The van der Waals surface area contributed by atoms with Gasteiger partial charge in [-0.3, -0.25) is 9.48 Å². The van der Waals surface area contributed by atoms with Crippen LogP contribution in [-0.2, 0) is 7.05 Å². The Balaban J connectivity index is 1.90. The molecular formula is C10H16N4O. The molecular weight excluding hydrogens is 192 g/mol. The lowest BCUT2D eigenvalue weighted by Gasteiger charge is -2.38. The van der Waals surface area contributed by atoms with E-state index in [1.807, 2.05) is 0 Å². The summed E-state index contributed by atoms with van der Waals surface area (Å²) in [5.74, 6) is -0.105. The van der Waals surface area contributed by atoms with Crippen molar-refractivity contribution in [1.82, 2.24) is 15.1 Å². The Morgan fingerprint density at radius 3 is 2.93 bits per heavy atom. The molecule has 2 rings (SSSR count). The molecule has 0 radical (unpaired) electrons. The number of aryl methyl sites for hydroxylation is 1. The molecule has 3 N–H and O–H groups in total. The van der Waals surface area contributed by atoms with Crippen molar-refractivity contribution in [3.63, 3.8) is 0 Å². The van der Waals surface area contributed by atoms with Gasteiger partial charge in [-0.05, 0) is 25.3 Å². The van der Waals surface area contributed by atoms with Gasteiger partial charge in [0.1, 0.15) is 5.69 Å². The van der Waals surface area contributed by atoms with E-state index >= 15 is 0 Å². The van der Waals surface area contributed by atoms with Crippen molar-refractivity contribution in [3.8, 4) is 0 Å². The van der Waals surface area contributed by atoms with E-state index in [2.05, 4.69) is 10.4 Å². The molecule has 0 aromatic carbocycles. The summed E-state index contributed by atoms with van der Waals surface area (Å²) in [6.45, 7) is 0.553. The van der Waals surface area contributed by atoms with Crippen LogP contribution in [0.25, 0.3) is 0 Å². The largest absolute Gasteiger partial charge is 0.349 e. The molecule has 1 aromatic heterocycles. The van der Waals surface area contributed by atoms with Crippen molar-refractivity contribution < 1.29 is 4.79 Å². The zero-order chi connectivity index (χ0) is 10.9. The van der Waals surface area contributed by atoms with E-state index < -0.39 is 0 Å². The number of nitrogens with two attached hydrogens (primary N) is 1. The molecule has 0 spiro atoms. The first-order chi connectivity index (χ1) is 7.11. The van der Waals surface area contributed by atoms with E-state index in [0.29, 0.717) is 12.2 Å². The van der Waals surface area contributed by atoms with Gasteiger partial charge < -0.3 is 11.1 Å². The van der Waals surface area contributed by atoms with Crippen LogP contribution in [0.4, 0.5) is 0 Å². The Morgan fingerprint density at radius 1 is 1.73 bits per heavy atom. The molecule has 1 amide bonds. The van der Waals surface area contributed by atoms with Gasteiger partial charge in [-0.1, -0.05) is 0 Å². The molecule has 1 heterocycles. The summed E-state index contributed by atoms with van der Waals surface area (Å²) in [4.78, 5) is 11.7. The Hall–Kier alpha value is -1.36. The summed E-state index contributed by atoms with van der Waals surface area (Å²) in [5, 5.41) is 6.78. The lowest BCUT2D eigenvalue weighted by atomic mass is 9.78. The maximum Gasteiger partial charge on any atom is 0.269 e. The second-order valence-electron chi connectivity index (χ2n) is 4.24. The van der Waals surface area contributed by atoms with Gasteiger partial charge in [0.05, 0.1) is 0 Å². The monoisotopic (exact) mass is 208 g/mol. The number of nitrogens with zero attached hydrogens (tertiary/aromatic N) is 2. The fraction of sp³-hybridized carbons (Fsp3) is 0.600. The molecule has 5 nitrogen and oxygen atoms in total. The van der Waals surface area contributed by atoms with Crippen molar-refractivity contribution in [1.29, 1.82) is 0 Å². The van der Waals surface area contributed by atoms with Gasteiger partial charge in [-0.2, -0.15) is 5.10 Å². The van der Waals surface area contributed by atoms with Crippen LogP contribution < -0.4 is 11.1 Å². The highest BCUT2D eigenvalue weighted by Crippen LogP contribution is 2.28. The zero-order valence-corrected chi connectivity index (χ0v) is 8.86. The molecule has 0 aliphatic heterocycles. The Labute approximate surface area is 88.6 Å². The quantitative estimate of drug-likeness (QED) is 0.736. The van der Waals surface area contributed by atoms with E-state index in [1.165, 1.54) is 0 Å². The number of aromatic nitrogens is 2. The Bertz CT molecular complexity index is 367. The topological polar surface area (TPSA) is 72.9 Å². The predicted molar refractivity (Wildman–Crippen MR) is 56.3 cm³/mol. The second-order valence-corrected chi connectivity index (χ2v) is 4.24. The summed E-state index contributed by atoms with van der Waals surface area (Å²) in [7, 11) is 1.75. The average molecular weight is 208 g/mol. The molecule has 0 bridgehead atoms. The van der Waals surface area contributed by atoms with Gasteiger partial charge in [-0.15, -0.1) is 0 Å². The van der Waals surface area contributed by atoms with Crippen LogP contribution in [0.15, 0.2) is 12.3 Å². The van der Waals surface area contributed by atoms with Crippen molar-refractivity contribution in [3.05, 3.63) is 18.0 Å². The molecule has 1 aliphatic rings. The van der Waals surface area contributed by atoms with E-state index in [4.69, 9.17) is 5.73 Å². The molecule has 1 fully saturated rings. The van der Waals surface area contributed by atoms with Crippen molar-refractivity contribution in [2.45, 2.75) is 24.8 Å². The normalized spacial score (nSPS) is 18.3. The molecule has 0 unspecified atom stereocenters. The Morgan fingerprint density at radius 2 is 2.47 bits per heavy atom. The second kappa shape index (κ2) is 3.66. The summed E-state index contributed by atoms with van der Waals surface area (Å²) in [5.41, 5.74) is 6.40. The van der Waals surface area contributed by atoms with Crippen LogP contribution in [0, 0.1) is 0 Å². The number of carbonyl (C=O) groups is 1. The van der Waals surface area contributed by atoms with Crippen molar-refractivity contribution >= 4 is 5.91 Å². The van der Waals surface area contributed by atoms with Crippen LogP contribution >= 0.6 is 0 Å². The summed E-state index contributed by atoms with van der Waals surface area (Å²) in [6.07, 6.45) is 4.77.